The first-order valence-corrected chi connectivity index (χ1v) is 7.03. The van der Waals surface area contributed by atoms with Crippen LogP contribution < -0.4 is 0 Å². The molecule has 6 heteroatoms. The van der Waals surface area contributed by atoms with Crippen LogP contribution in [0.5, 0.6) is 0 Å². The smallest absolute Gasteiger partial charge is 0.141 e. The Bertz CT molecular complexity index is 833. The Morgan fingerprint density at radius 2 is 2.29 bits per heavy atom. The average Bonchev–Trinajstić information content (AvgIpc) is 3.11. The fraction of sp³-hybridized carbons (Fsp3) is 0.333. The van der Waals surface area contributed by atoms with Crippen molar-refractivity contribution >= 4 is 11.0 Å². The number of rotatable bonds is 3. The van der Waals surface area contributed by atoms with Crippen LogP contribution in [-0.4, -0.2) is 24.7 Å². The fourth-order valence-electron chi connectivity index (χ4n) is 3.03. The normalized spacial score (nSPS) is 16.5. The topological polar surface area (TPSA) is 83.2 Å². The summed E-state index contributed by atoms with van der Waals surface area (Å²) in [6, 6.07) is 4.26. The van der Waals surface area contributed by atoms with Crippen LogP contribution >= 0.6 is 0 Å². The van der Waals surface area contributed by atoms with E-state index in [0.29, 0.717) is 6.42 Å². The molecule has 4 rings (SSSR count). The highest BCUT2D eigenvalue weighted by molar-refractivity contribution is 5.89. The van der Waals surface area contributed by atoms with E-state index in [9.17, 15) is 0 Å². The monoisotopic (exact) mass is 278 g/mol. The number of nitriles is 1. The molecule has 0 aromatic carbocycles. The summed E-state index contributed by atoms with van der Waals surface area (Å²) in [5, 5.41) is 14.5. The Kier molecular flexibility index (Phi) is 2.54. The molecule has 0 saturated heterocycles. The van der Waals surface area contributed by atoms with Crippen molar-refractivity contribution in [3.8, 4) is 17.3 Å². The molecule has 1 N–H and O–H groups in total. The van der Waals surface area contributed by atoms with E-state index in [2.05, 4.69) is 26.1 Å². The van der Waals surface area contributed by atoms with Gasteiger partial charge < -0.3 is 4.98 Å². The summed E-state index contributed by atoms with van der Waals surface area (Å²) in [7, 11) is 0. The van der Waals surface area contributed by atoms with Gasteiger partial charge in [-0.1, -0.05) is 0 Å². The molecule has 1 aliphatic rings. The number of nitrogens with zero attached hydrogens (tertiary/aromatic N) is 5. The third-order valence-electron chi connectivity index (χ3n) is 4.39. The largest absolute Gasteiger partial charge is 0.346 e. The summed E-state index contributed by atoms with van der Waals surface area (Å²) in [6.07, 6.45) is 11.0. The van der Waals surface area contributed by atoms with Crippen LogP contribution in [0.3, 0.4) is 0 Å². The highest BCUT2D eigenvalue weighted by Crippen LogP contribution is 2.42. The molecular weight excluding hydrogens is 264 g/mol. The van der Waals surface area contributed by atoms with Crippen LogP contribution in [0.25, 0.3) is 22.3 Å². The molecule has 0 amide bonds. The van der Waals surface area contributed by atoms with Crippen molar-refractivity contribution in [2.24, 2.45) is 0 Å². The lowest BCUT2D eigenvalue weighted by Gasteiger charge is -2.40. The SMILES string of the molecule is N#CCC1(n2cc(-c3ncnc4[nH]ccc34)cn2)CCC1. The van der Waals surface area contributed by atoms with Crippen LogP contribution in [-0.2, 0) is 5.54 Å². The summed E-state index contributed by atoms with van der Waals surface area (Å²) in [5.41, 5.74) is 2.55. The van der Waals surface area contributed by atoms with Crippen LogP contribution in [0.4, 0.5) is 0 Å². The van der Waals surface area contributed by atoms with Gasteiger partial charge in [0.1, 0.15) is 12.0 Å². The highest BCUT2D eigenvalue weighted by atomic mass is 15.3. The van der Waals surface area contributed by atoms with Crippen LogP contribution in [0, 0.1) is 11.3 Å². The van der Waals surface area contributed by atoms with Gasteiger partial charge in [-0.3, -0.25) is 4.68 Å². The molecule has 3 heterocycles. The predicted octanol–water partition coefficient (Wildman–Crippen LogP) is 2.61. The molecule has 1 saturated carbocycles. The molecule has 3 aromatic heterocycles. The third-order valence-corrected chi connectivity index (χ3v) is 4.39. The lowest BCUT2D eigenvalue weighted by molar-refractivity contribution is 0.130. The summed E-state index contributed by atoms with van der Waals surface area (Å²) in [4.78, 5) is 11.7. The molecule has 0 bridgehead atoms. The zero-order valence-electron chi connectivity index (χ0n) is 11.5. The molecule has 3 aromatic rings. The van der Waals surface area contributed by atoms with Gasteiger partial charge in [0.05, 0.1) is 29.9 Å². The maximum absolute atomic E-state index is 9.05. The predicted molar refractivity (Wildman–Crippen MR) is 77.2 cm³/mol. The Labute approximate surface area is 121 Å². The van der Waals surface area contributed by atoms with Gasteiger partial charge in [-0.25, -0.2) is 9.97 Å². The van der Waals surface area contributed by atoms with Crippen molar-refractivity contribution < 1.29 is 0 Å². The molecule has 0 spiro atoms. The molecule has 1 fully saturated rings. The van der Waals surface area contributed by atoms with E-state index in [4.69, 9.17) is 5.26 Å². The molecule has 0 aliphatic heterocycles. The Balaban J connectivity index is 1.78. The van der Waals surface area contributed by atoms with E-state index >= 15 is 0 Å². The first-order chi connectivity index (χ1) is 10.3. The van der Waals surface area contributed by atoms with E-state index < -0.39 is 0 Å². The Morgan fingerprint density at radius 1 is 1.38 bits per heavy atom. The van der Waals surface area contributed by atoms with Crippen molar-refractivity contribution in [1.82, 2.24) is 24.7 Å². The van der Waals surface area contributed by atoms with Crippen LogP contribution in [0.2, 0.25) is 0 Å². The maximum Gasteiger partial charge on any atom is 0.141 e. The number of H-pyrrole nitrogens is 1. The lowest BCUT2D eigenvalue weighted by atomic mass is 9.75. The minimum absolute atomic E-state index is 0.114. The van der Waals surface area contributed by atoms with Gasteiger partial charge in [-0.15, -0.1) is 0 Å². The summed E-state index contributed by atoms with van der Waals surface area (Å²) >= 11 is 0. The van der Waals surface area contributed by atoms with Crippen molar-refractivity contribution in [3.63, 3.8) is 0 Å². The molecule has 21 heavy (non-hydrogen) atoms. The van der Waals surface area contributed by atoms with Crippen molar-refractivity contribution in [3.05, 3.63) is 31.0 Å². The first-order valence-electron chi connectivity index (χ1n) is 7.03. The van der Waals surface area contributed by atoms with E-state index in [1.54, 1.807) is 6.33 Å². The second-order valence-electron chi connectivity index (χ2n) is 5.55. The van der Waals surface area contributed by atoms with Crippen molar-refractivity contribution in [2.75, 3.05) is 0 Å². The molecule has 1 aliphatic carbocycles. The molecular formula is C15H14N6. The van der Waals surface area contributed by atoms with Gasteiger partial charge in [0.25, 0.3) is 0 Å². The van der Waals surface area contributed by atoms with Gasteiger partial charge in [-0.2, -0.15) is 10.4 Å². The second-order valence-corrected chi connectivity index (χ2v) is 5.55. The van der Waals surface area contributed by atoms with Gasteiger partial charge in [0, 0.05) is 23.3 Å². The standard InChI is InChI=1S/C15H14N6/c16-6-5-15(3-1-4-15)21-9-11(8-20-21)13-12-2-7-17-14(12)19-10-18-13/h2,7-10H,1,3-5H2,(H,17,18,19). The Morgan fingerprint density at radius 3 is 3.05 bits per heavy atom. The van der Waals surface area contributed by atoms with E-state index in [-0.39, 0.29) is 5.54 Å². The number of aromatic nitrogens is 5. The van der Waals surface area contributed by atoms with Gasteiger partial charge >= 0.3 is 0 Å². The quantitative estimate of drug-likeness (QED) is 0.798. The summed E-state index contributed by atoms with van der Waals surface area (Å²) in [5.74, 6) is 0. The molecule has 0 unspecified atom stereocenters. The second kappa shape index (κ2) is 4.42. The van der Waals surface area contributed by atoms with E-state index in [1.807, 2.05) is 29.3 Å². The van der Waals surface area contributed by atoms with Crippen molar-refractivity contribution in [2.45, 2.75) is 31.2 Å². The number of hydrogen-bond acceptors (Lipinski definition) is 4. The molecule has 0 atom stereocenters. The third kappa shape index (κ3) is 1.74. The van der Waals surface area contributed by atoms with Crippen LogP contribution in [0.1, 0.15) is 25.7 Å². The van der Waals surface area contributed by atoms with Gasteiger partial charge in [-0.05, 0) is 25.3 Å². The number of nitrogens with one attached hydrogen (secondary N) is 1. The average molecular weight is 278 g/mol. The highest BCUT2D eigenvalue weighted by Gasteiger charge is 2.39. The minimum atomic E-state index is -0.114. The molecule has 104 valence electrons. The summed E-state index contributed by atoms with van der Waals surface area (Å²) in [6.45, 7) is 0. The van der Waals surface area contributed by atoms with Crippen molar-refractivity contribution in [1.29, 1.82) is 5.26 Å². The Hall–Kier alpha value is -2.68. The van der Waals surface area contributed by atoms with Gasteiger partial charge in [0.2, 0.25) is 0 Å². The van der Waals surface area contributed by atoms with Gasteiger partial charge in [0.15, 0.2) is 0 Å². The lowest BCUT2D eigenvalue weighted by Crippen LogP contribution is -2.40. The van der Waals surface area contributed by atoms with E-state index in [1.165, 1.54) is 0 Å². The number of hydrogen-bond donors (Lipinski definition) is 1. The first kappa shape index (κ1) is 12.1. The van der Waals surface area contributed by atoms with Crippen LogP contribution in [0.15, 0.2) is 31.0 Å². The summed E-state index contributed by atoms with van der Waals surface area (Å²) < 4.78 is 1.95. The van der Waals surface area contributed by atoms with E-state index in [0.717, 1.165) is 41.6 Å². The zero-order chi connectivity index (χ0) is 14.3. The minimum Gasteiger partial charge on any atom is -0.346 e. The number of aromatic amines is 1. The molecule has 6 nitrogen and oxygen atoms in total. The zero-order valence-corrected chi connectivity index (χ0v) is 11.5. The number of fused-ring (bicyclic) bond motifs is 1. The maximum atomic E-state index is 9.05. The molecule has 0 radical (unpaired) electrons. The fourth-order valence-corrected chi connectivity index (χ4v) is 3.03.